The Balaban J connectivity index is 2.64. The van der Waals surface area contributed by atoms with E-state index in [9.17, 15) is 0 Å². The van der Waals surface area contributed by atoms with Crippen molar-refractivity contribution in [2.45, 2.75) is 39.2 Å². The molecule has 0 aromatic heterocycles. The Morgan fingerprint density at radius 2 is 1.71 bits per heavy atom. The molecule has 0 bridgehead atoms. The first-order chi connectivity index (χ1) is 6.63. The van der Waals surface area contributed by atoms with Crippen LogP contribution in [0.25, 0.3) is 0 Å². The molecule has 78 valence electrons. The number of hydrogen-bond acceptors (Lipinski definition) is 2. The first-order valence-corrected chi connectivity index (χ1v) is 5.18. The maximum absolute atomic E-state index is 5.35. The van der Waals surface area contributed by atoms with Gasteiger partial charge in [0.15, 0.2) is 0 Å². The molecule has 0 saturated heterocycles. The van der Waals surface area contributed by atoms with Crippen LogP contribution in [0.4, 0.5) is 0 Å². The smallest absolute Gasteiger partial charge is 0.0222 e. The van der Waals surface area contributed by atoms with Crippen LogP contribution in [0.15, 0.2) is 24.3 Å². The van der Waals surface area contributed by atoms with E-state index < -0.39 is 0 Å². The van der Waals surface area contributed by atoms with Gasteiger partial charge in [0.05, 0.1) is 0 Å². The molecule has 14 heavy (non-hydrogen) atoms. The summed E-state index contributed by atoms with van der Waals surface area (Å²) in [4.78, 5) is 0. The fourth-order valence-corrected chi connectivity index (χ4v) is 1.45. The topological polar surface area (TPSA) is 38.0 Å². The third-order valence-corrected chi connectivity index (χ3v) is 2.47. The summed E-state index contributed by atoms with van der Waals surface area (Å²) in [5.41, 5.74) is 5.47. The molecule has 0 saturated carbocycles. The van der Waals surface area contributed by atoms with E-state index in [4.69, 9.17) is 5.84 Å². The van der Waals surface area contributed by atoms with Gasteiger partial charge in [-0.2, -0.15) is 0 Å². The zero-order chi connectivity index (χ0) is 10.6. The van der Waals surface area contributed by atoms with Crippen LogP contribution < -0.4 is 11.3 Å². The number of hydrazine groups is 1. The van der Waals surface area contributed by atoms with Crippen LogP contribution in [0, 0.1) is 0 Å². The van der Waals surface area contributed by atoms with Crippen molar-refractivity contribution in [3.63, 3.8) is 0 Å². The molecule has 0 amide bonds. The number of nitrogens with one attached hydrogen (secondary N) is 1. The van der Waals surface area contributed by atoms with Gasteiger partial charge in [0.2, 0.25) is 0 Å². The highest BCUT2D eigenvalue weighted by molar-refractivity contribution is 5.25. The average molecular weight is 192 g/mol. The van der Waals surface area contributed by atoms with Crippen molar-refractivity contribution in [2.24, 2.45) is 5.84 Å². The van der Waals surface area contributed by atoms with Crippen LogP contribution in [0.5, 0.6) is 0 Å². The zero-order valence-electron chi connectivity index (χ0n) is 9.25. The molecule has 0 radical (unpaired) electrons. The first-order valence-electron chi connectivity index (χ1n) is 5.18. The van der Waals surface area contributed by atoms with E-state index in [0.717, 1.165) is 6.42 Å². The lowest BCUT2D eigenvalue weighted by Crippen LogP contribution is -2.34. The van der Waals surface area contributed by atoms with Gasteiger partial charge >= 0.3 is 0 Å². The molecule has 1 unspecified atom stereocenters. The average Bonchev–Trinajstić information content (AvgIpc) is 2.18. The lowest BCUT2D eigenvalue weighted by molar-refractivity contribution is 0.568. The molecule has 0 fully saturated rings. The largest absolute Gasteiger partial charge is 0.271 e. The third kappa shape index (κ3) is 3.13. The van der Waals surface area contributed by atoms with E-state index in [1.54, 1.807) is 0 Å². The van der Waals surface area contributed by atoms with Gasteiger partial charge in [-0.3, -0.25) is 11.3 Å². The summed E-state index contributed by atoms with van der Waals surface area (Å²) in [5.74, 6) is 5.95. The Bertz CT molecular complexity index is 264. The monoisotopic (exact) mass is 192 g/mol. The Morgan fingerprint density at radius 3 is 2.14 bits per heavy atom. The standard InChI is InChI=1S/C12H20N2/c1-9(2)12-6-4-11(5-7-12)8-10(3)14-13/h4-7,9-10,14H,8,13H2,1-3H3. The summed E-state index contributed by atoms with van der Waals surface area (Å²) in [6, 6.07) is 9.10. The minimum atomic E-state index is 0.333. The van der Waals surface area contributed by atoms with Crippen molar-refractivity contribution < 1.29 is 0 Å². The van der Waals surface area contributed by atoms with Gasteiger partial charge in [0.1, 0.15) is 0 Å². The molecule has 0 aliphatic carbocycles. The van der Waals surface area contributed by atoms with Crippen molar-refractivity contribution in [2.75, 3.05) is 0 Å². The molecule has 3 N–H and O–H groups in total. The molecular formula is C12H20N2. The predicted molar refractivity (Wildman–Crippen MR) is 61.0 cm³/mol. The maximum Gasteiger partial charge on any atom is 0.0222 e. The van der Waals surface area contributed by atoms with E-state index in [2.05, 4.69) is 50.5 Å². The normalized spacial score (nSPS) is 13.2. The fourth-order valence-electron chi connectivity index (χ4n) is 1.45. The maximum atomic E-state index is 5.35. The second-order valence-electron chi connectivity index (χ2n) is 4.17. The Hall–Kier alpha value is -0.860. The number of rotatable bonds is 4. The van der Waals surface area contributed by atoms with Gasteiger partial charge in [-0.25, -0.2) is 0 Å². The zero-order valence-corrected chi connectivity index (χ0v) is 9.25. The van der Waals surface area contributed by atoms with Crippen LogP contribution in [-0.4, -0.2) is 6.04 Å². The SMILES string of the molecule is CC(Cc1ccc(C(C)C)cc1)NN. The highest BCUT2D eigenvalue weighted by Crippen LogP contribution is 2.15. The summed E-state index contributed by atoms with van der Waals surface area (Å²) >= 11 is 0. The lowest BCUT2D eigenvalue weighted by atomic mass is 10.00. The molecule has 1 rings (SSSR count). The van der Waals surface area contributed by atoms with Gasteiger partial charge in [-0.05, 0) is 30.4 Å². The Morgan fingerprint density at radius 1 is 1.14 bits per heavy atom. The molecule has 1 aromatic carbocycles. The van der Waals surface area contributed by atoms with Gasteiger partial charge in [-0.1, -0.05) is 38.1 Å². The predicted octanol–water partition coefficient (Wildman–Crippen LogP) is 2.20. The highest BCUT2D eigenvalue weighted by Gasteiger charge is 2.02. The summed E-state index contributed by atoms with van der Waals surface area (Å²) in [7, 11) is 0. The van der Waals surface area contributed by atoms with Crippen LogP contribution >= 0.6 is 0 Å². The Labute approximate surface area is 86.5 Å². The van der Waals surface area contributed by atoms with Crippen LogP contribution in [0.3, 0.4) is 0 Å². The van der Waals surface area contributed by atoms with Gasteiger partial charge in [-0.15, -0.1) is 0 Å². The highest BCUT2D eigenvalue weighted by atomic mass is 15.2. The van der Waals surface area contributed by atoms with Gasteiger partial charge in [0.25, 0.3) is 0 Å². The second-order valence-corrected chi connectivity index (χ2v) is 4.17. The molecule has 1 aromatic rings. The quantitative estimate of drug-likeness (QED) is 0.567. The number of hydrogen-bond donors (Lipinski definition) is 2. The van der Waals surface area contributed by atoms with Crippen molar-refractivity contribution in [1.82, 2.24) is 5.43 Å². The molecule has 2 nitrogen and oxygen atoms in total. The van der Waals surface area contributed by atoms with E-state index in [1.807, 2.05) is 0 Å². The minimum absolute atomic E-state index is 0.333. The van der Waals surface area contributed by atoms with Gasteiger partial charge < -0.3 is 0 Å². The molecule has 0 heterocycles. The van der Waals surface area contributed by atoms with Gasteiger partial charge in [0, 0.05) is 6.04 Å². The van der Waals surface area contributed by atoms with Crippen molar-refractivity contribution in [3.8, 4) is 0 Å². The molecule has 1 atom stereocenters. The molecular weight excluding hydrogens is 172 g/mol. The summed E-state index contributed by atoms with van der Waals surface area (Å²) in [5, 5.41) is 0. The summed E-state index contributed by atoms with van der Waals surface area (Å²) < 4.78 is 0. The molecule has 0 spiro atoms. The van der Waals surface area contributed by atoms with E-state index in [1.165, 1.54) is 11.1 Å². The molecule has 0 aliphatic rings. The van der Waals surface area contributed by atoms with E-state index in [-0.39, 0.29) is 0 Å². The molecule has 0 aliphatic heterocycles. The number of nitrogens with two attached hydrogens (primary N) is 1. The third-order valence-electron chi connectivity index (χ3n) is 2.47. The van der Waals surface area contributed by atoms with E-state index >= 15 is 0 Å². The van der Waals surface area contributed by atoms with Crippen LogP contribution in [0.2, 0.25) is 0 Å². The fraction of sp³-hybridized carbons (Fsp3) is 0.500. The minimum Gasteiger partial charge on any atom is -0.271 e. The van der Waals surface area contributed by atoms with Crippen LogP contribution in [0.1, 0.15) is 37.8 Å². The van der Waals surface area contributed by atoms with Crippen molar-refractivity contribution in [3.05, 3.63) is 35.4 Å². The summed E-state index contributed by atoms with van der Waals surface area (Å²) in [6.45, 7) is 6.49. The lowest BCUT2D eigenvalue weighted by Gasteiger charge is -2.11. The number of benzene rings is 1. The second kappa shape index (κ2) is 5.13. The molecule has 2 heteroatoms. The summed E-state index contributed by atoms with van der Waals surface area (Å²) in [6.07, 6.45) is 0.981. The van der Waals surface area contributed by atoms with E-state index in [0.29, 0.717) is 12.0 Å². The first kappa shape index (κ1) is 11.2. The Kier molecular flexibility index (Phi) is 4.11. The van der Waals surface area contributed by atoms with Crippen LogP contribution in [-0.2, 0) is 6.42 Å². The van der Waals surface area contributed by atoms with Crippen molar-refractivity contribution in [1.29, 1.82) is 0 Å². The van der Waals surface area contributed by atoms with Crippen molar-refractivity contribution >= 4 is 0 Å².